The normalized spacial score (nSPS) is 31.2. The molecule has 0 saturated carbocycles. The standard InChI is InChI=1S/C22H44P2.C8H12.BF4.Rh/c1-15(2)19-9-10-20(16(3)4)23(19)13-14-24-21(17(5)6)11-12-22(24)18(7)8;1-2-4-6-8-7-5-3-1;2-1(3,4)5;/h15-22H,9-14H2,1-8H3;1-2,7-8H,3-6H2;;/q;;-1;/b;2-1-,8-7-;;. The maximum absolute atomic E-state index is 9.75. The minimum Gasteiger partial charge on any atom is -0.418 e. The molecule has 4 atom stereocenters. The van der Waals surface area contributed by atoms with Crippen LogP contribution in [0, 0.1) is 23.7 Å². The molecular formula is C30H56BF4P2Rh-. The molecule has 0 aromatic heterocycles. The molecule has 2 saturated heterocycles. The summed E-state index contributed by atoms with van der Waals surface area (Å²) in [5.41, 5.74) is 4.28. The van der Waals surface area contributed by atoms with Crippen LogP contribution >= 0.6 is 15.8 Å². The van der Waals surface area contributed by atoms with Gasteiger partial charge in [-0.25, -0.2) is 0 Å². The van der Waals surface area contributed by atoms with Crippen LogP contribution in [0.5, 0.6) is 0 Å². The fraction of sp³-hybridized carbons (Fsp3) is 0.867. The average Bonchev–Trinajstić information content (AvgIpc) is 3.35. The molecule has 0 bridgehead atoms. The zero-order valence-electron chi connectivity index (χ0n) is 25.3. The van der Waals surface area contributed by atoms with Crippen molar-refractivity contribution < 1.29 is 36.7 Å². The Morgan fingerprint density at radius 2 is 0.711 bits per heavy atom. The number of hydrogen-bond donors (Lipinski definition) is 0. The van der Waals surface area contributed by atoms with Gasteiger partial charge in [-0.05, 0) is 110 Å². The Morgan fingerprint density at radius 3 is 0.868 bits per heavy atom. The quantitative estimate of drug-likeness (QED) is 0.110. The fourth-order valence-electron chi connectivity index (χ4n) is 6.45. The second-order valence-corrected chi connectivity index (χ2v) is 18.1. The number of allylic oxidation sites excluding steroid dienone is 4. The van der Waals surface area contributed by atoms with E-state index in [9.17, 15) is 17.3 Å². The van der Waals surface area contributed by atoms with Crippen LogP contribution in [0.15, 0.2) is 24.3 Å². The van der Waals surface area contributed by atoms with Gasteiger partial charge in [0.05, 0.1) is 0 Å². The minimum atomic E-state index is -6.00. The summed E-state index contributed by atoms with van der Waals surface area (Å²) in [6.07, 6.45) is 23.4. The summed E-state index contributed by atoms with van der Waals surface area (Å²) < 4.78 is 39.0. The molecule has 38 heavy (non-hydrogen) atoms. The SMILES string of the molecule is C1=C\CC/C=C\CC/1.CC(C)C1CCC(C(C)C)P1CCP1C(C(C)C)CCC1C(C)C.F[B-](F)(F)F.[Rh]. The molecule has 1 aliphatic carbocycles. The van der Waals surface area contributed by atoms with Crippen molar-refractivity contribution in [1.29, 1.82) is 0 Å². The first-order valence-electron chi connectivity index (χ1n) is 14.9. The third-order valence-electron chi connectivity index (χ3n) is 8.25. The summed E-state index contributed by atoms with van der Waals surface area (Å²) in [4.78, 5) is 0. The van der Waals surface area contributed by atoms with Crippen LogP contribution in [0.1, 0.15) is 107 Å². The first kappa shape index (κ1) is 38.7. The smallest absolute Gasteiger partial charge is 0.418 e. The van der Waals surface area contributed by atoms with Crippen LogP contribution in [-0.4, -0.2) is 42.2 Å². The molecular weight excluding hydrogens is 612 g/mol. The fourth-order valence-corrected chi connectivity index (χ4v) is 15.6. The molecule has 0 N–H and O–H groups in total. The van der Waals surface area contributed by atoms with Crippen molar-refractivity contribution in [2.45, 2.75) is 129 Å². The van der Waals surface area contributed by atoms with Crippen molar-refractivity contribution in [2.75, 3.05) is 12.3 Å². The van der Waals surface area contributed by atoms with Gasteiger partial charge < -0.3 is 17.3 Å². The second-order valence-electron chi connectivity index (χ2n) is 12.5. The Bertz CT molecular complexity index is 567. The van der Waals surface area contributed by atoms with E-state index in [1.165, 1.54) is 51.4 Å². The monoisotopic (exact) mass is 668 g/mol. The van der Waals surface area contributed by atoms with Crippen molar-refractivity contribution in [3.8, 4) is 0 Å². The molecule has 2 fully saturated rings. The molecule has 3 rings (SSSR count). The molecule has 2 aliphatic heterocycles. The zero-order chi connectivity index (χ0) is 28.2. The maximum Gasteiger partial charge on any atom is 0.673 e. The van der Waals surface area contributed by atoms with E-state index in [4.69, 9.17) is 0 Å². The van der Waals surface area contributed by atoms with E-state index < -0.39 is 7.25 Å². The van der Waals surface area contributed by atoms with E-state index in [1.807, 2.05) is 0 Å². The predicted octanol–water partition coefficient (Wildman–Crippen LogP) is 11.6. The molecule has 0 spiro atoms. The van der Waals surface area contributed by atoms with Crippen LogP contribution in [0.3, 0.4) is 0 Å². The Morgan fingerprint density at radius 1 is 0.526 bits per heavy atom. The van der Waals surface area contributed by atoms with Gasteiger partial charge in [-0.15, -0.1) is 0 Å². The first-order chi connectivity index (χ1) is 17.2. The topological polar surface area (TPSA) is 0 Å². The van der Waals surface area contributed by atoms with Gasteiger partial charge in [-0.3, -0.25) is 0 Å². The Labute approximate surface area is 248 Å². The van der Waals surface area contributed by atoms with Crippen LogP contribution < -0.4 is 0 Å². The maximum atomic E-state index is 9.75. The van der Waals surface area contributed by atoms with Gasteiger partial charge in [0.15, 0.2) is 0 Å². The van der Waals surface area contributed by atoms with Crippen molar-refractivity contribution in [1.82, 2.24) is 0 Å². The van der Waals surface area contributed by atoms with E-state index in [1.54, 1.807) is 12.3 Å². The molecule has 0 nitrogen and oxygen atoms in total. The van der Waals surface area contributed by atoms with E-state index in [-0.39, 0.29) is 35.3 Å². The van der Waals surface area contributed by atoms with Gasteiger partial charge in [-0.1, -0.05) is 95.5 Å². The molecule has 3 aliphatic rings. The third kappa shape index (κ3) is 15.1. The number of rotatable bonds is 7. The minimum absolute atomic E-state index is 0. The van der Waals surface area contributed by atoms with Crippen LogP contribution in [0.4, 0.5) is 17.3 Å². The van der Waals surface area contributed by atoms with E-state index >= 15 is 0 Å². The summed E-state index contributed by atoms with van der Waals surface area (Å²) in [5, 5.41) is 0. The second kappa shape index (κ2) is 19.8. The summed E-state index contributed by atoms with van der Waals surface area (Å²) in [6, 6.07) is 0. The molecule has 227 valence electrons. The number of hydrogen-bond acceptors (Lipinski definition) is 0. The van der Waals surface area contributed by atoms with Crippen LogP contribution in [0.2, 0.25) is 0 Å². The van der Waals surface area contributed by atoms with Gasteiger partial charge in [0.2, 0.25) is 0 Å². The molecule has 1 radical (unpaired) electrons. The molecule has 0 aromatic carbocycles. The van der Waals surface area contributed by atoms with Crippen molar-refractivity contribution in [3.63, 3.8) is 0 Å². The number of halogens is 4. The Hall–Kier alpha value is 0.748. The van der Waals surface area contributed by atoms with Gasteiger partial charge in [-0.2, -0.15) is 0 Å². The van der Waals surface area contributed by atoms with E-state index in [2.05, 4.69) is 79.7 Å². The van der Waals surface area contributed by atoms with Crippen molar-refractivity contribution in [3.05, 3.63) is 24.3 Å². The van der Waals surface area contributed by atoms with Crippen molar-refractivity contribution in [2.24, 2.45) is 23.7 Å². The largest absolute Gasteiger partial charge is 0.673 e. The van der Waals surface area contributed by atoms with Crippen molar-refractivity contribution >= 4 is 23.1 Å². The van der Waals surface area contributed by atoms with Gasteiger partial charge in [0.1, 0.15) is 0 Å². The van der Waals surface area contributed by atoms with Gasteiger partial charge >= 0.3 is 7.25 Å². The van der Waals surface area contributed by atoms with Crippen LogP contribution in [0.25, 0.3) is 0 Å². The van der Waals surface area contributed by atoms with E-state index in [0.717, 1.165) is 46.3 Å². The molecule has 4 unspecified atom stereocenters. The van der Waals surface area contributed by atoms with Gasteiger partial charge in [0.25, 0.3) is 0 Å². The van der Waals surface area contributed by atoms with Crippen LogP contribution in [-0.2, 0) is 19.5 Å². The average molecular weight is 668 g/mol. The molecule has 0 amide bonds. The summed E-state index contributed by atoms with van der Waals surface area (Å²) in [5.74, 6) is 3.66. The predicted molar refractivity (Wildman–Crippen MR) is 163 cm³/mol. The van der Waals surface area contributed by atoms with Gasteiger partial charge in [0, 0.05) is 19.5 Å². The molecule has 2 heterocycles. The summed E-state index contributed by atoms with van der Waals surface area (Å²) in [7, 11) is -5.45. The molecule has 8 heteroatoms. The Kier molecular flexibility index (Phi) is 20.2. The third-order valence-corrected chi connectivity index (χ3v) is 16.9. The molecule has 0 aromatic rings. The Balaban J connectivity index is 0.000000804. The summed E-state index contributed by atoms with van der Waals surface area (Å²) in [6.45, 7) is 20.0. The zero-order valence-corrected chi connectivity index (χ0v) is 28.7. The first-order valence-corrected chi connectivity index (χ1v) is 18.3. The summed E-state index contributed by atoms with van der Waals surface area (Å²) >= 11 is 0. The van der Waals surface area contributed by atoms with E-state index in [0.29, 0.717) is 0 Å².